The minimum atomic E-state index is -1.24. The van der Waals surface area contributed by atoms with Crippen LogP contribution >= 0.6 is 0 Å². The maximum absolute atomic E-state index is 11.4. The van der Waals surface area contributed by atoms with Gasteiger partial charge in [0.1, 0.15) is 17.3 Å². The summed E-state index contributed by atoms with van der Waals surface area (Å²) in [4.78, 5) is 11.4. The molecule has 0 aromatic carbocycles. The van der Waals surface area contributed by atoms with Gasteiger partial charge in [-0.2, -0.15) is 0 Å². The van der Waals surface area contributed by atoms with Crippen molar-refractivity contribution >= 4 is 5.97 Å². The fourth-order valence-corrected chi connectivity index (χ4v) is 4.41. The Labute approximate surface area is 112 Å². The van der Waals surface area contributed by atoms with E-state index in [4.69, 9.17) is 9.47 Å². The summed E-state index contributed by atoms with van der Waals surface area (Å²) in [5, 5.41) is 21.0. The van der Waals surface area contributed by atoms with Crippen LogP contribution in [0.2, 0.25) is 0 Å². The van der Waals surface area contributed by atoms with Crippen LogP contribution in [0.5, 0.6) is 0 Å². The smallest absolute Gasteiger partial charge is 0.303 e. The van der Waals surface area contributed by atoms with E-state index < -0.39 is 23.4 Å². The number of ether oxygens (including phenoxy) is 2. The van der Waals surface area contributed by atoms with Crippen LogP contribution in [-0.4, -0.2) is 46.2 Å². The molecule has 3 rings (SSSR count). The lowest BCUT2D eigenvalue weighted by atomic mass is 9.50. The Morgan fingerprint density at radius 2 is 2.11 bits per heavy atom. The lowest BCUT2D eigenvalue weighted by molar-refractivity contribution is -0.374. The molecule has 2 saturated carbocycles. The van der Waals surface area contributed by atoms with E-state index in [0.29, 0.717) is 13.0 Å². The molecule has 0 aromatic rings. The van der Waals surface area contributed by atoms with Crippen LogP contribution in [0, 0.1) is 5.92 Å². The highest BCUT2D eigenvalue weighted by Crippen LogP contribution is 2.60. The lowest BCUT2D eigenvalue weighted by Crippen LogP contribution is -2.84. The summed E-state index contributed by atoms with van der Waals surface area (Å²) in [6, 6.07) is 0. The van der Waals surface area contributed by atoms with Gasteiger partial charge >= 0.3 is 5.97 Å². The molecule has 3 fully saturated rings. The van der Waals surface area contributed by atoms with Crippen molar-refractivity contribution in [1.29, 1.82) is 0 Å². The predicted molar refractivity (Wildman–Crippen MR) is 66.4 cm³/mol. The summed E-state index contributed by atoms with van der Waals surface area (Å²) >= 11 is 0. The Bertz CT molecular complexity index is 384. The Balaban J connectivity index is 1.96. The minimum Gasteiger partial charge on any atom is -0.456 e. The Kier molecular flexibility index (Phi) is 3.11. The second-order valence-electron chi connectivity index (χ2n) is 6.14. The van der Waals surface area contributed by atoms with Gasteiger partial charge in [-0.15, -0.1) is 0 Å². The lowest BCUT2D eigenvalue weighted by Gasteiger charge is -2.66. The van der Waals surface area contributed by atoms with Crippen LogP contribution in [0.25, 0.3) is 0 Å². The third-order valence-electron chi connectivity index (χ3n) is 5.12. The molecule has 2 aliphatic carbocycles. The first-order valence-corrected chi connectivity index (χ1v) is 7.23. The molecule has 1 heterocycles. The van der Waals surface area contributed by atoms with Gasteiger partial charge in [-0.3, -0.25) is 4.79 Å². The van der Waals surface area contributed by atoms with Crippen LogP contribution in [0.4, 0.5) is 0 Å². The van der Waals surface area contributed by atoms with Gasteiger partial charge < -0.3 is 19.7 Å². The zero-order valence-corrected chi connectivity index (χ0v) is 11.3. The van der Waals surface area contributed by atoms with Gasteiger partial charge in [-0.25, -0.2) is 0 Å². The maximum atomic E-state index is 11.4. The number of hydrogen-bond acceptors (Lipinski definition) is 5. The van der Waals surface area contributed by atoms with Gasteiger partial charge in [-0.05, 0) is 25.7 Å². The molecule has 0 unspecified atom stereocenters. The number of fused-ring (bicyclic) bond motifs is 4. The molecule has 19 heavy (non-hydrogen) atoms. The van der Waals surface area contributed by atoms with Gasteiger partial charge in [0, 0.05) is 19.4 Å². The highest BCUT2D eigenvalue weighted by atomic mass is 16.6. The standard InChI is InChI=1S/C14H22O5/c1-9(15)19-13-7-4-2-3-5-10(13)14(17)11(16)6-8-18-12(13)14/h10-12,16-17H,2-8H2,1H3/t10-,11+,12-,13-,14+/m1/s1. The topological polar surface area (TPSA) is 76.0 Å². The fraction of sp³-hybridized carbons (Fsp3) is 0.929. The molecule has 0 radical (unpaired) electrons. The second-order valence-corrected chi connectivity index (χ2v) is 6.14. The Morgan fingerprint density at radius 3 is 2.84 bits per heavy atom. The molecule has 2 N–H and O–H groups in total. The van der Waals surface area contributed by atoms with Gasteiger partial charge in [-0.1, -0.05) is 12.8 Å². The number of aliphatic hydroxyl groups excluding tert-OH is 1. The van der Waals surface area contributed by atoms with Crippen molar-refractivity contribution < 1.29 is 24.5 Å². The van der Waals surface area contributed by atoms with E-state index >= 15 is 0 Å². The van der Waals surface area contributed by atoms with Crippen molar-refractivity contribution in [3.63, 3.8) is 0 Å². The number of carbonyl (C=O) groups excluding carboxylic acids is 1. The molecule has 3 aliphatic rings. The summed E-state index contributed by atoms with van der Waals surface area (Å²) in [6.07, 6.45) is 3.62. The Hall–Kier alpha value is -0.650. The van der Waals surface area contributed by atoms with E-state index in [1.54, 1.807) is 0 Å². The molecule has 5 heteroatoms. The molecule has 108 valence electrons. The van der Waals surface area contributed by atoms with Crippen LogP contribution in [0.1, 0.15) is 45.4 Å². The van der Waals surface area contributed by atoms with Crippen molar-refractivity contribution in [3.8, 4) is 0 Å². The van der Waals surface area contributed by atoms with E-state index in [-0.39, 0.29) is 11.9 Å². The largest absolute Gasteiger partial charge is 0.456 e. The molecule has 5 atom stereocenters. The number of aliphatic hydroxyl groups is 2. The van der Waals surface area contributed by atoms with Crippen LogP contribution < -0.4 is 0 Å². The molecule has 1 aliphatic heterocycles. The van der Waals surface area contributed by atoms with E-state index in [9.17, 15) is 15.0 Å². The zero-order valence-electron chi connectivity index (χ0n) is 11.3. The molecule has 5 nitrogen and oxygen atoms in total. The fourth-order valence-electron chi connectivity index (χ4n) is 4.41. The van der Waals surface area contributed by atoms with Gasteiger partial charge in [0.2, 0.25) is 0 Å². The van der Waals surface area contributed by atoms with Crippen molar-refractivity contribution in [1.82, 2.24) is 0 Å². The van der Waals surface area contributed by atoms with Gasteiger partial charge in [0.25, 0.3) is 0 Å². The zero-order chi connectivity index (χ0) is 13.7. The molecule has 0 bridgehead atoms. The highest BCUT2D eigenvalue weighted by Gasteiger charge is 2.76. The van der Waals surface area contributed by atoms with Crippen molar-refractivity contribution in [2.24, 2.45) is 5.92 Å². The van der Waals surface area contributed by atoms with E-state index in [1.807, 2.05) is 0 Å². The predicted octanol–water partition coefficient (Wildman–Crippen LogP) is 0.763. The third-order valence-corrected chi connectivity index (χ3v) is 5.12. The second kappa shape index (κ2) is 4.43. The van der Waals surface area contributed by atoms with Crippen LogP contribution in [0.15, 0.2) is 0 Å². The normalized spacial score (nSPS) is 49.3. The van der Waals surface area contributed by atoms with Gasteiger partial charge in [0.05, 0.1) is 6.10 Å². The van der Waals surface area contributed by atoms with Crippen LogP contribution in [-0.2, 0) is 14.3 Å². The van der Waals surface area contributed by atoms with Crippen molar-refractivity contribution in [2.45, 2.75) is 68.9 Å². The molecule has 1 saturated heterocycles. The van der Waals surface area contributed by atoms with E-state index in [0.717, 1.165) is 32.1 Å². The van der Waals surface area contributed by atoms with E-state index in [2.05, 4.69) is 0 Å². The summed E-state index contributed by atoms with van der Waals surface area (Å²) in [6.45, 7) is 1.80. The SMILES string of the molecule is CC(=O)O[C@]12CCCCC[C@H]1[C@@]1(O)[C@@H]2OCC[C@@H]1O. The number of carbonyl (C=O) groups is 1. The van der Waals surface area contributed by atoms with Crippen molar-refractivity contribution in [2.75, 3.05) is 6.61 Å². The molecular weight excluding hydrogens is 248 g/mol. The summed E-state index contributed by atoms with van der Waals surface area (Å²) < 4.78 is 11.3. The molecular formula is C14H22O5. The van der Waals surface area contributed by atoms with Crippen molar-refractivity contribution in [3.05, 3.63) is 0 Å². The monoisotopic (exact) mass is 270 g/mol. The Morgan fingerprint density at radius 1 is 1.32 bits per heavy atom. The summed E-state index contributed by atoms with van der Waals surface area (Å²) in [5.41, 5.74) is -1.96. The molecule has 0 spiro atoms. The van der Waals surface area contributed by atoms with Gasteiger partial charge in [0.15, 0.2) is 0 Å². The van der Waals surface area contributed by atoms with E-state index in [1.165, 1.54) is 6.92 Å². The number of rotatable bonds is 1. The number of esters is 1. The average molecular weight is 270 g/mol. The molecule has 0 aromatic heterocycles. The quantitative estimate of drug-likeness (QED) is 0.688. The maximum Gasteiger partial charge on any atom is 0.303 e. The summed E-state index contributed by atoms with van der Waals surface area (Å²) in [5.74, 6) is -0.538. The first-order chi connectivity index (χ1) is 9.02. The first kappa shape index (κ1) is 13.3. The average Bonchev–Trinajstić information content (AvgIpc) is 2.53. The highest BCUT2D eigenvalue weighted by molar-refractivity contribution is 5.67. The number of hydrogen-bond donors (Lipinski definition) is 2. The molecule has 0 amide bonds. The minimum absolute atomic E-state index is 0.202. The first-order valence-electron chi connectivity index (χ1n) is 7.23. The van der Waals surface area contributed by atoms with Crippen LogP contribution in [0.3, 0.4) is 0 Å². The third kappa shape index (κ3) is 1.68. The summed E-state index contributed by atoms with van der Waals surface area (Å²) in [7, 11) is 0.